The summed E-state index contributed by atoms with van der Waals surface area (Å²) in [4.78, 5) is 43.0. The highest BCUT2D eigenvalue weighted by atomic mass is 79.9. The first-order valence-electron chi connectivity index (χ1n) is 10.1. The Kier molecular flexibility index (Phi) is 6.48. The summed E-state index contributed by atoms with van der Waals surface area (Å²) in [6.07, 6.45) is 0. The number of β-lactam (4-membered cyclic amide) rings is 1. The number of aryl methyl sites for hydroxylation is 1. The third-order valence-electron chi connectivity index (χ3n) is 6.09. The molecule has 0 radical (unpaired) electrons. The van der Waals surface area contributed by atoms with E-state index in [4.69, 9.17) is 46.4 Å². The van der Waals surface area contributed by atoms with E-state index in [9.17, 15) is 14.4 Å². The molecule has 1 fully saturated rings. The summed E-state index contributed by atoms with van der Waals surface area (Å²) in [5.41, 5.74) is 1.98. The van der Waals surface area contributed by atoms with Crippen LogP contribution in [-0.2, 0) is 4.79 Å². The Hall–Kier alpha value is -1.61. The van der Waals surface area contributed by atoms with Gasteiger partial charge in [0.05, 0.1) is 37.3 Å². The summed E-state index contributed by atoms with van der Waals surface area (Å²) in [6, 6.07) is 11.1. The van der Waals surface area contributed by atoms with Gasteiger partial charge in [-0.25, -0.2) is 0 Å². The van der Waals surface area contributed by atoms with Gasteiger partial charge in [-0.1, -0.05) is 90.4 Å². The van der Waals surface area contributed by atoms with Crippen molar-refractivity contribution in [2.75, 3.05) is 4.90 Å². The average molecular weight is 678 g/mol. The van der Waals surface area contributed by atoms with Crippen molar-refractivity contribution < 1.29 is 14.4 Å². The van der Waals surface area contributed by atoms with Crippen molar-refractivity contribution in [1.82, 2.24) is 4.90 Å². The summed E-state index contributed by atoms with van der Waals surface area (Å²) in [6.45, 7) is 1.91. The highest BCUT2D eigenvalue weighted by Crippen LogP contribution is 2.49. The summed E-state index contributed by atoms with van der Waals surface area (Å²) in [5, 5.41) is -0.614. The molecule has 1 saturated heterocycles. The van der Waals surface area contributed by atoms with Gasteiger partial charge >= 0.3 is 0 Å². The van der Waals surface area contributed by atoms with Gasteiger partial charge in [0.1, 0.15) is 6.04 Å². The molecule has 5 nitrogen and oxygen atoms in total. The third-order valence-corrected chi connectivity index (χ3v) is 9.27. The van der Waals surface area contributed by atoms with Crippen molar-refractivity contribution in [1.29, 1.82) is 0 Å². The van der Waals surface area contributed by atoms with Gasteiger partial charge < -0.3 is 4.90 Å². The molecule has 11 heteroatoms. The molecular formula is C24H12Br2Cl4N2O3. The van der Waals surface area contributed by atoms with Crippen molar-refractivity contribution in [2.45, 2.75) is 19.0 Å². The van der Waals surface area contributed by atoms with E-state index in [0.29, 0.717) is 5.69 Å². The van der Waals surface area contributed by atoms with Gasteiger partial charge in [0.15, 0.2) is 0 Å². The molecule has 3 amide bonds. The van der Waals surface area contributed by atoms with Crippen molar-refractivity contribution in [3.05, 3.63) is 93.8 Å². The van der Waals surface area contributed by atoms with Crippen molar-refractivity contribution in [2.24, 2.45) is 0 Å². The van der Waals surface area contributed by atoms with Crippen LogP contribution < -0.4 is 4.90 Å². The Balaban J connectivity index is 1.65. The molecular weight excluding hydrogens is 666 g/mol. The Labute approximate surface area is 237 Å². The van der Waals surface area contributed by atoms with Crippen LogP contribution in [0.15, 0.2) is 51.4 Å². The lowest BCUT2D eigenvalue weighted by molar-refractivity contribution is -0.130. The van der Waals surface area contributed by atoms with E-state index in [1.165, 1.54) is 0 Å². The quantitative estimate of drug-likeness (QED) is 0.123. The van der Waals surface area contributed by atoms with Gasteiger partial charge in [0.25, 0.3) is 17.7 Å². The number of anilines is 1. The number of amides is 3. The molecule has 2 unspecified atom stereocenters. The van der Waals surface area contributed by atoms with Gasteiger partial charge in [0, 0.05) is 14.6 Å². The zero-order valence-corrected chi connectivity index (χ0v) is 23.8. The lowest BCUT2D eigenvalue weighted by Gasteiger charge is -2.50. The number of hydrogen-bond donors (Lipinski definition) is 0. The van der Waals surface area contributed by atoms with Crippen molar-refractivity contribution in [3.63, 3.8) is 0 Å². The molecule has 0 bridgehead atoms. The molecule has 3 aromatic rings. The zero-order chi connectivity index (χ0) is 25.3. The van der Waals surface area contributed by atoms with E-state index in [-0.39, 0.29) is 31.2 Å². The molecule has 0 saturated carbocycles. The van der Waals surface area contributed by atoms with Gasteiger partial charge in [-0.05, 0) is 48.4 Å². The molecule has 5 rings (SSSR count). The van der Waals surface area contributed by atoms with Gasteiger partial charge in [0.2, 0.25) is 0 Å². The number of benzene rings is 3. The van der Waals surface area contributed by atoms with E-state index < -0.39 is 29.8 Å². The van der Waals surface area contributed by atoms with E-state index in [1.54, 1.807) is 11.0 Å². The second kappa shape index (κ2) is 9.05. The maximum absolute atomic E-state index is 13.6. The summed E-state index contributed by atoms with van der Waals surface area (Å²) in [5.74, 6) is -1.92. The number of carbonyl (C=O) groups is 3. The van der Waals surface area contributed by atoms with E-state index >= 15 is 0 Å². The highest BCUT2D eigenvalue weighted by molar-refractivity contribution is 9.10. The number of rotatable bonds is 3. The van der Waals surface area contributed by atoms with E-state index in [0.717, 1.165) is 25.0 Å². The fourth-order valence-electron chi connectivity index (χ4n) is 4.43. The topological polar surface area (TPSA) is 57.7 Å². The molecule has 178 valence electrons. The Morgan fingerprint density at radius 1 is 0.743 bits per heavy atom. The monoisotopic (exact) mass is 674 g/mol. The average Bonchev–Trinajstić information content (AvgIpc) is 3.07. The Bertz CT molecular complexity index is 1430. The van der Waals surface area contributed by atoms with Crippen LogP contribution in [0.25, 0.3) is 0 Å². The molecule has 2 atom stereocenters. The first-order valence-corrected chi connectivity index (χ1v) is 13.2. The lowest BCUT2D eigenvalue weighted by Crippen LogP contribution is -2.67. The largest absolute Gasteiger partial charge is 0.300 e. The van der Waals surface area contributed by atoms with Crippen molar-refractivity contribution in [3.8, 4) is 0 Å². The van der Waals surface area contributed by atoms with Crippen LogP contribution in [0.3, 0.4) is 0 Å². The number of fused-ring (bicyclic) bond motifs is 1. The SMILES string of the molecule is Cc1cc(N2C(=O)C(N3C(=O)c4c(Cl)c(Cl)c(Cl)c(Cl)c4C3=O)C2c2cccc(Br)c2)ccc1Br. The minimum atomic E-state index is -1.12. The third kappa shape index (κ3) is 3.74. The first kappa shape index (κ1) is 25.1. The summed E-state index contributed by atoms with van der Waals surface area (Å²) < 4.78 is 1.68. The fourth-order valence-corrected chi connectivity index (χ4v) is 6.11. The molecule has 0 spiro atoms. The molecule has 2 heterocycles. The van der Waals surface area contributed by atoms with Gasteiger partial charge in [-0.15, -0.1) is 0 Å². The second-order valence-electron chi connectivity index (χ2n) is 8.07. The minimum Gasteiger partial charge on any atom is -0.300 e. The molecule has 0 aromatic heterocycles. The lowest BCUT2D eigenvalue weighted by atomic mass is 9.86. The summed E-state index contributed by atoms with van der Waals surface area (Å²) in [7, 11) is 0. The molecule has 0 N–H and O–H groups in total. The van der Waals surface area contributed by atoms with E-state index in [2.05, 4.69) is 31.9 Å². The molecule has 0 aliphatic carbocycles. The highest BCUT2D eigenvalue weighted by Gasteiger charge is 2.58. The number of imide groups is 1. The molecule has 2 aliphatic heterocycles. The predicted molar refractivity (Wildman–Crippen MR) is 144 cm³/mol. The van der Waals surface area contributed by atoms with Crippen LogP contribution in [0, 0.1) is 6.92 Å². The molecule has 35 heavy (non-hydrogen) atoms. The van der Waals surface area contributed by atoms with Crippen LogP contribution in [0.2, 0.25) is 20.1 Å². The van der Waals surface area contributed by atoms with Crippen LogP contribution >= 0.6 is 78.3 Å². The van der Waals surface area contributed by atoms with Crippen LogP contribution in [0.4, 0.5) is 5.69 Å². The number of hydrogen-bond acceptors (Lipinski definition) is 3. The predicted octanol–water partition coefficient (Wildman–Crippen LogP) is 7.89. The smallest absolute Gasteiger partial charge is 0.264 e. The van der Waals surface area contributed by atoms with Gasteiger partial charge in [-0.3, -0.25) is 19.3 Å². The number of carbonyl (C=O) groups excluding carboxylic acids is 3. The standard InChI is InChI=1S/C24H12Br2Cl4N2O3/c1-9-7-12(5-6-13(9)26)31-20(10-3-2-4-11(25)8-10)21(24(31)35)32-22(33)14-15(23(32)34)17(28)19(30)18(29)16(14)27/h2-8,20-21H,1H3. The first-order chi connectivity index (χ1) is 16.5. The fraction of sp³-hybridized carbons (Fsp3) is 0.125. The van der Waals surface area contributed by atoms with Crippen molar-refractivity contribution >= 4 is 102 Å². The number of nitrogens with zero attached hydrogens (tertiary/aromatic N) is 2. The minimum absolute atomic E-state index is 0.129. The maximum Gasteiger partial charge on any atom is 0.264 e. The van der Waals surface area contributed by atoms with Gasteiger partial charge in [-0.2, -0.15) is 0 Å². The van der Waals surface area contributed by atoms with Crippen LogP contribution in [-0.4, -0.2) is 28.7 Å². The Morgan fingerprint density at radius 3 is 1.89 bits per heavy atom. The Morgan fingerprint density at radius 2 is 1.34 bits per heavy atom. The zero-order valence-electron chi connectivity index (χ0n) is 17.6. The normalized spacial score (nSPS) is 19.3. The van der Waals surface area contributed by atoms with E-state index in [1.807, 2.05) is 43.3 Å². The van der Waals surface area contributed by atoms with Crippen LogP contribution in [0.5, 0.6) is 0 Å². The van der Waals surface area contributed by atoms with Crippen LogP contribution in [0.1, 0.15) is 37.9 Å². The molecule has 3 aromatic carbocycles. The second-order valence-corrected chi connectivity index (χ2v) is 11.4. The number of halogens is 6. The molecule has 2 aliphatic rings. The maximum atomic E-state index is 13.6. The summed E-state index contributed by atoms with van der Waals surface area (Å²) >= 11 is 31.8.